The van der Waals surface area contributed by atoms with Gasteiger partial charge in [-0.2, -0.15) is 0 Å². The first-order valence-electron chi connectivity index (χ1n) is 4.58. The fourth-order valence-electron chi connectivity index (χ4n) is 1.35. The maximum Gasteiger partial charge on any atom is 0.295 e. The highest BCUT2D eigenvalue weighted by atomic mass is 17.0. The molecule has 0 aliphatic carbocycles. The van der Waals surface area contributed by atoms with Crippen molar-refractivity contribution in [2.75, 3.05) is 6.54 Å². The normalized spacial score (nSPS) is 11.6. The van der Waals surface area contributed by atoms with Gasteiger partial charge in [-0.05, 0) is 6.07 Å². The van der Waals surface area contributed by atoms with Crippen LogP contribution in [0.25, 0.3) is 0 Å². The molecule has 0 aliphatic heterocycles. The number of benzene rings is 1. The number of nitro benzene ring substituents is 1. The van der Waals surface area contributed by atoms with Gasteiger partial charge in [-0.3, -0.25) is 25.1 Å². The first kappa shape index (κ1) is 13.3. The summed E-state index contributed by atoms with van der Waals surface area (Å²) in [6.45, 7) is -0.939. The minimum absolute atomic E-state index is 0.212. The second kappa shape index (κ2) is 5.52. The quantitative estimate of drug-likeness (QED) is 0.549. The predicted molar refractivity (Wildman–Crippen MR) is 55.8 cm³/mol. The van der Waals surface area contributed by atoms with Gasteiger partial charge < -0.3 is 0 Å². The van der Waals surface area contributed by atoms with Crippen LogP contribution in [0.1, 0.15) is 11.7 Å². The maximum absolute atomic E-state index is 10.7. The second-order valence-corrected chi connectivity index (χ2v) is 3.15. The van der Waals surface area contributed by atoms with Gasteiger partial charge in [-0.25, -0.2) is 0 Å². The van der Waals surface area contributed by atoms with Crippen molar-refractivity contribution in [3.63, 3.8) is 0 Å². The molecule has 1 rings (SSSR count). The van der Waals surface area contributed by atoms with Gasteiger partial charge in [0.05, 0.1) is 10.5 Å². The molecule has 0 saturated heterocycles. The molecule has 1 aromatic rings. The summed E-state index contributed by atoms with van der Waals surface area (Å²) in [7, 11) is 0. The molecule has 10 heteroatoms. The van der Waals surface area contributed by atoms with Crippen molar-refractivity contribution in [1.29, 1.82) is 0 Å². The van der Waals surface area contributed by atoms with E-state index in [0.29, 0.717) is 0 Å². The molecule has 1 aromatic carbocycles. The minimum atomic E-state index is -1.61. The van der Waals surface area contributed by atoms with Gasteiger partial charge in [0.2, 0.25) is 12.6 Å². The van der Waals surface area contributed by atoms with Gasteiger partial charge in [-0.1, -0.05) is 12.1 Å². The van der Waals surface area contributed by atoms with E-state index in [-0.39, 0.29) is 5.56 Å². The summed E-state index contributed by atoms with van der Waals surface area (Å²) in [6, 6.07) is 4.98. The first-order valence-corrected chi connectivity index (χ1v) is 4.58. The summed E-state index contributed by atoms with van der Waals surface area (Å²) in [5, 5.41) is 30.1. The topological polar surface area (TPSA) is 139 Å². The highest BCUT2D eigenvalue weighted by Gasteiger charge is 2.28. The highest BCUT2D eigenvalue weighted by Crippen LogP contribution is 2.27. The average molecular weight is 257 g/mol. The molecule has 96 valence electrons. The molecule has 0 heterocycles. The SMILES string of the molecule is O=[N+]([O-])C[C@@H](O[N+](=O)[O-])c1ccccc1[N+](=O)[O-]. The van der Waals surface area contributed by atoms with Crippen molar-refractivity contribution < 1.29 is 19.8 Å². The molecule has 0 radical (unpaired) electrons. The summed E-state index contributed by atoms with van der Waals surface area (Å²) < 4.78 is 0. The van der Waals surface area contributed by atoms with Crippen LogP contribution >= 0.6 is 0 Å². The number of rotatable bonds is 6. The van der Waals surface area contributed by atoms with Crippen LogP contribution in [0.15, 0.2) is 24.3 Å². The summed E-state index contributed by atoms with van der Waals surface area (Å²) in [5.74, 6) is 0. The molecule has 0 saturated carbocycles. The lowest BCUT2D eigenvalue weighted by molar-refractivity contribution is -0.777. The summed E-state index contributed by atoms with van der Waals surface area (Å²) >= 11 is 0. The van der Waals surface area contributed by atoms with Gasteiger partial charge in [0, 0.05) is 11.0 Å². The molecule has 0 fully saturated rings. The van der Waals surface area contributed by atoms with Gasteiger partial charge in [-0.15, -0.1) is 10.1 Å². The second-order valence-electron chi connectivity index (χ2n) is 3.15. The number of hydrogen-bond donors (Lipinski definition) is 0. The molecule has 0 N–H and O–H groups in total. The van der Waals surface area contributed by atoms with E-state index in [9.17, 15) is 30.3 Å². The zero-order chi connectivity index (χ0) is 13.7. The van der Waals surface area contributed by atoms with Crippen LogP contribution in [0.4, 0.5) is 5.69 Å². The highest BCUT2D eigenvalue weighted by molar-refractivity contribution is 5.41. The Kier molecular flexibility index (Phi) is 4.07. The fraction of sp³-hybridized carbons (Fsp3) is 0.250. The Morgan fingerprint density at radius 1 is 1.11 bits per heavy atom. The Balaban J connectivity index is 3.15. The number of nitro groups is 2. The Hall–Kier alpha value is -2.78. The van der Waals surface area contributed by atoms with Gasteiger partial charge in [0.15, 0.2) is 0 Å². The van der Waals surface area contributed by atoms with Gasteiger partial charge >= 0.3 is 0 Å². The van der Waals surface area contributed by atoms with Crippen molar-refractivity contribution in [3.05, 3.63) is 60.2 Å². The largest absolute Gasteiger partial charge is 0.299 e. The average Bonchev–Trinajstić information content (AvgIpc) is 2.26. The monoisotopic (exact) mass is 257 g/mol. The van der Waals surface area contributed by atoms with E-state index in [2.05, 4.69) is 4.84 Å². The van der Waals surface area contributed by atoms with Crippen molar-refractivity contribution >= 4 is 5.69 Å². The molecule has 0 amide bonds. The van der Waals surface area contributed by atoms with Crippen molar-refractivity contribution in [2.24, 2.45) is 0 Å². The van der Waals surface area contributed by atoms with Crippen molar-refractivity contribution in [1.82, 2.24) is 0 Å². The third kappa shape index (κ3) is 3.37. The smallest absolute Gasteiger partial charge is 0.295 e. The number of hydrogen-bond acceptors (Lipinski definition) is 7. The van der Waals surface area contributed by atoms with Crippen LogP contribution in [0.2, 0.25) is 0 Å². The number of para-hydroxylation sites is 1. The first-order chi connectivity index (χ1) is 8.41. The zero-order valence-electron chi connectivity index (χ0n) is 8.79. The fourth-order valence-corrected chi connectivity index (χ4v) is 1.35. The van der Waals surface area contributed by atoms with E-state index in [1.807, 2.05) is 0 Å². The van der Waals surface area contributed by atoms with E-state index in [0.717, 1.165) is 6.07 Å². The molecule has 1 atom stereocenters. The van der Waals surface area contributed by atoms with Crippen LogP contribution in [-0.4, -0.2) is 21.5 Å². The van der Waals surface area contributed by atoms with E-state index in [1.165, 1.54) is 18.2 Å². The Bertz CT molecular complexity index is 473. The lowest BCUT2D eigenvalue weighted by Gasteiger charge is -2.10. The molecule has 0 aliphatic rings. The Morgan fingerprint density at radius 3 is 2.22 bits per heavy atom. The lowest BCUT2D eigenvalue weighted by atomic mass is 10.1. The number of nitrogens with zero attached hydrogens (tertiary/aromatic N) is 3. The van der Waals surface area contributed by atoms with E-state index in [4.69, 9.17) is 0 Å². The zero-order valence-corrected chi connectivity index (χ0v) is 8.79. The molecule has 0 unspecified atom stereocenters. The summed E-state index contributed by atoms with van der Waals surface area (Å²) in [6.07, 6.45) is -1.61. The molecule has 18 heavy (non-hydrogen) atoms. The van der Waals surface area contributed by atoms with Crippen LogP contribution in [-0.2, 0) is 4.84 Å². The third-order valence-electron chi connectivity index (χ3n) is 2.01. The lowest BCUT2D eigenvalue weighted by Crippen LogP contribution is -2.19. The molecular formula is C8H7N3O7. The van der Waals surface area contributed by atoms with E-state index >= 15 is 0 Å². The van der Waals surface area contributed by atoms with E-state index in [1.54, 1.807) is 0 Å². The van der Waals surface area contributed by atoms with Crippen molar-refractivity contribution in [2.45, 2.75) is 6.10 Å². The minimum Gasteiger partial charge on any atom is -0.299 e. The molecule has 0 spiro atoms. The predicted octanol–water partition coefficient (Wildman–Crippen LogP) is 1.12. The maximum atomic E-state index is 10.7. The van der Waals surface area contributed by atoms with E-state index < -0.39 is 33.3 Å². The van der Waals surface area contributed by atoms with Crippen LogP contribution in [0, 0.1) is 30.3 Å². The molecule has 10 nitrogen and oxygen atoms in total. The Morgan fingerprint density at radius 2 is 1.72 bits per heavy atom. The molecule has 0 bridgehead atoms. The van der Waals surface area contributed by atoms with Crippen LogP contribution in [0.3, 0.4) is 0 Å². The van der Waals surface area contributed by atoms with Crippen LogP contribution < -0.4 is 0 Å². The summed E-state index contributed by atoms with van der Waals surface area (Å²) in [5.41, 5.74) is -0.679. The third-order valence-corrected chi connectivity index (χ3v) is 2.01. The molecular weight excluding hydrogens is 250 g/mol. The summed E-state index contributed by atoms with van der Waals surface area (Å²) in [4.78, 5) is 33.8. The Labute approximate surface area is 99.2 Å². The van der Waals surface area contributed by atoms with Crippen molar-refractivity contribution in [3.8, 4) is 0 Å². The molecule has 0 aromatic heterocycles. The van der Waals surface area contributed by atoms with Crippen LogP contribution in [0.5, 0.6) is 0 Å². The van der Waals surface area contributed by atoms with Gasteiger partial charge in [0.25, 0.3) is 10.8 Å². The van der Waals surface area contributed by atoms with Gasteiger partial charge in [0.1, 0.15) is 0 Å². The standard InChI is InChI=1S/C8H7N3O7/c12-9(13)5-8(18-11(16)17)6-3-1-2-4-7(6)10(14)15/h1-4,8H,5H2/t8-/m1/s1.